The Morgan fingerprint density at radius 2 is 1.19 bits per heavy atom. The molecule has 16 heavy (non-hydrogen) atoms. The third-order valence-electron chi connectivity index (χ3n) is 3.93. The van der Waals surface area contributed by atoms with Crippen LogP contribution in [-0.4, -0.2) is 0 Å². The minimum Gasteiger partial charge on any atom is -0.0654 e. The first kappa shape index (κ1) is 16.0. The van der Waals surface area contributed by atoms with E-state index in [9.17, 15) is 0 Å². The topological polar surface area (TPSA) is 0 Å². The Labute approximate surface area is 104 Å². The van der Waals surface area contributed by atoms with E-state index in [0.717, 1.165) is 17.8 Å². The molecule has 0 bridgehead atoms. The van der Waals surface area contributed by atoms with Crippen LogP contribution >= 0.6 is 0 Å². The molecule has 0 saturated carbocycles. The molecule has 0 heteroatoms. The normalized spacial score (nSPS) is 15.4. The molecular formula is C16H34. The van der Waals surface area contributed by atoms with E-state index in [1.807, 2.05) is 0 Å². The monoisotopic (exact) mass is 226 g/mol. The standard InChI is InChI=1S/C16H34/c1-6-7-8-9-10-11-15(4)16(5)13-12-14(2)3/h14-16H,6-13H2,1-5H3. The minimum absolute atomic E-state index is 0.874. The predicted octanol–water partition coefficient (Wildman–Crippen LogP) is 6.06. The zero-order chi connectivity index (χ0) is 12.4. The summed E-state index contributed by atoms with van der Waals surface area (Å²) in [5, 5.41) is 0. The molecule has 0 aromatic rings. The van der Waals surface area contributed by atoms with Gasteiger partial charge in [-0.25, -0.2) is 0 Å². The molecule has 0 N–H and O–H groups in total. The van der Waals surface area contributed by atoms with E-state index in [-0.39, 0.29) is 0 Å². The lowest BCUT2D eigenvalue weighted by atomic mass is 9.86. The van der Waals surface area contributed by atoms with Crippen LogP contribution in [0.3, 0.4) is 0 Å². The van der Waals surface area contributed by atoms with Gasteiger partial charge in [0.1, 0.15) is 0 Å². The maximum absolute atomic E-state index is 2.45. The highest BCUT2D eigenvalue weighted by Crippen LogP contribution is 2.24. The average Bonchev–Trinajstić information content (AvgIpc) is 2.25. The van der Waals surface area contributed by atoms with Crippen molar-refractivity contribution in [2.24, 2.45) is 17.8 Å². The second-order valence-electron chi connectivity index (χ2n) is 6.13. The van der Waals surface area contributed by atoms with Crippen molar-refractivity contribution in [1.82, 2.24) is 0 Å². The van der Waals surface area contributed by atoms with Crippen LogP contribution in [0.2, 0.25) is 0 Å². The molecule has 0 radical (unpaired) electrons. The predicted molar refractivity (Wildman–Crippen MR) is 75.8 cm³/mol. The van der Waals surface area contributed by atoms with Crippen LogP contribution < -0.4 is 0 Å². The van der Waals surface area contributed by atoms with Crippen LogP contribution in [0.5, 0.6) is 0 Å². The summed E-state index contributed by atoms with van der Waals surface area (Å²) >= 11 is 0. The summed E-state index contributed by atoms with van der Waals surface area (Å²) in [4.78, 5) is 0. The van der Waals surface area contributed by atoms with Crippen molar-refractivity contribution >= 4 is 0 Å². The lowest BCUT2D eigenvalue weighted by Crippen LogP contribution is -2.09. The summed E-state index contributed by atoms with van der Waals surface area (Å²) < 4.78 is 0. The molecule has 0 heterocycles. The molecule has 0 saturated heterocycles. The van der Waals surface area contributed by atoms with Crippen molar-refractivity contribution in [3.05, 3.63) is 0 Å². The van der Waals surface area contributed by atoms with Gasteiger partial charge in [0.15, 0.2) is 0 Å². The largest absolute Gasteiger partial charge is 0.0654 e. The third kappa shape index (κ3) is 9.24. The number of rotatable bonds is 10. The molecule has 0 amide bonds. The quantitative estimate of drug-likeness (QED) is 0.397. The highest BCUT2D eigenvalue weighted by atomic mass is 14.2. The highest BCUT2D eigenvalue weighted by molar-refractivity contribution is 4.63. The highest BCUT2D eigenvalue weighted by Gasteiger charge is 2.12. The second-order valence-corrected chi connectivity index (χ2v) is 6.13. The minimum atomic E-state index is 0.874. The fraction of sp³-hybridized carbons (Fsp3) is 1.00. The summed E-state index contributed by atoms with van der Waals surface area (Å²) in [5.41, 5.74) is 0. The van der Waals surface area contributed by atoms with Gasteiger partial charge in [-0.3, -0.25) is 0 Å². The number of hydrogen-bond donors (Lipinski definition) is 0. The van der Waals surface area contributed by atoms with Crippen molar-refractivity contribution in [1.29, 1.82) is 0 Å². The van der Waals surface area contributed by atoms with Crippen LogP contribution in [0.25, 0.3) is 0 Å². The van der Waals surface area contributed by atoms with E-state index in [1.165, 1.54) is 51.4 Å². The molecule has 0 aliphatic rings. The van der Waals surface area contributed by atoms with Crippen molar-refractivity contribution in [3.63, 3.8) is 0 Å². The molecule has 0 fully saturated rings. The van der Waals surface area contributed by atoms with Gasteiger partial charge < -0.3 is 0 Å². The fourth-order valence-electron chi connectivity index (χ4n) is 2.24. The Bertz CT molecular complexity index is 137. The molecule has 0 aliphatic heterocycles. The van der Waals surface area contributed by atoms with Crippen molar-refractivity contribution in [3.8, 4) is 0 Å². The Morgan fingerprint density at radius 1 is 0.625 bits per heavy atom. The van der Waals surface area contributed by atoms with E-state index in [2.05, 4.69) is 34.6 Å². The zero-order valence-electron chi connectivity index (χ0n) is 12.4. The first-order valence-electron chi connectivity index (χ1n) is 7.57. The molecule has 0 rings (SSSR count). The summed E-state index contributed by atoms with van der Waals surface area (Å²) in [6.07, 6.45) is 11.4. The second kappa shape index (κ2) is 10.2. The third-order valence-corrected chi connectivity index (χ3v) is 3.93. The molecule has 0 aromatic heterocycles. The zero-order valence-corrected chi connectivity index (χ0v) is 12.4. The Balaban J connectivity index is 3.43. The van der Waals surface area contributed by atoms with Crippen molar-refractivity contribution < 1.29 is 0 Å². The molecule has 98 valence electrons. The van der Waals surface area contributed by atoms with Gasteiger partial charge in [0.25, 0.3) is 0 Å². The summed E-state index contributed by atoms with van der Waals surface area (Å²) in [5.74, 6) is 2.73. The van der Waals surface area contributed by atoms with Gasteiger partial charge in [0.2, 0.25) is 0 Å². The van der Waals surface area contributed by atoms with Gasteiger partial charge in [-0.1, -0.05) is 86.0 Å². The van der Waals surface area contributed by atoms with Crippen molar-refractivity contribution in [2.45, 2.75) is 86.0 Å². The first-order chi connectivity index (χ1) is 7.57. The van der Waals surface area contributed by atoms with Gasteiger partial charge in [-0.2, -0.15) is 0 Å². The van der Waals surface area contributed by atoms with Crippen LogP contribution in [0.4, 0.5) is 0 Å². The van der Waals surface area contributed by atoms with E-state index in [1.54, 1.807) is 0 Å². The Hall–Kier alpha value is 0. The maximum atomic E-state index is 2.45. The van der Waals surface area contributed by atoms with E-state index in [4.69, 9.17) is 0 Å². The van der Waals surface area contributed by atoms with Crippen molar-refractivity contribution in [2.75, 3.05) is 0 Å². The fourth-order valence-corrected chi connectivity index (χ4v) is 2.24. The maximum Gasteiger partial charge on any atom is -0.0417 e. The Morgan fingerprint density at radius 3 is 1.75 bits per heavy atom. The van der Waals surface area contributed by atoms with Crippen LogP contribution in [0.15, 0.2) is 0 Å². The summed E-state index contributed by atoms with van der Waals surface area (Å²) in [7, 11) is 0. The summed E-state index contributed by atoms with van der Waals surface area (Å²) in [6.45, 7) is 11.9. The molecule has 0 nitrogen and oxygen atoms in total. The Kier molecular flexibility index (Phi) is 10.2. The van der Waals surface area contributed by atoms with Gasteiger partial charge in [0.05, 0.1) is 0 Å². The lowest BCUT2D eigenvalue weighted by Gasteiger charge is -2.20. The molecule has 2 unspecified atom stereocenters. The molecule has 0 spiro atoms. The van der Waals surface area contributed by atoms with E-state index in [0.29, 0.717) is 0 Å². The van der Waals surface area contributed by atoms with E-state index < -0.39 is 0 Å². The number of unbranched alkanes of at least 4 members (excludes halogenated alkanes) is 4. The molecule has 0 aliphatic carbocycles. The number of hydrogen-bond acceptors (Lipinski definition) is 0. The lowest BCUT2D eigenvalue weighted by molar-refractivity contribution is 0.312. The van der Waals surface area contributed by atoms with Gasteiger partial charge in [-0.05, 0) is 17.8 Å². The van der Waals surface area contributed by atoms with Crippen LogP contribution in [-0.2, 0) is 0 Å². The van der Waals surface area contributed by atoms with Gasteiger partial charge >= 0.3 is 0 Å². The van der Waals surface area contributed by atoms with Crippen LogP contribution in [0, 0.1) is 17.8 Å². The average molecular weight is 226 g/mol. The smallest absolute Gasteiger partial charge is 0.0417 e. The van der Waals surface area contributed by atoms with Crippen LogP contribution in [0.1, 0.15) is 86.0 Å². The molecule has 2 atom stereocenters. The van der Waals surface area contributed by atoms with E-state index >= 15 is 0 Å². The SMILES string of the molecule is CCCCCCCC(C)C(C)CCC(C)C. The van der Waals surface area contributed by atoms with Gasteiger partial charge in [-0.15, -0.1) is 0 Å². The first-order valence-corrected chi connectivity index (χ1v) is 7.57. The van der Waals surface area contributed by atoms with Gasteiger partial charge in [0, 0.05) is 0 Å². The molecule has 0 aromatic carbocycles. The molecular weight excluding hydrogens is 192 g/mol. The summed E-state index contributed by atoms with van der Waals surface area (Å²) in [6, 6.07) is 0.